The summed E-state index contributed by atoms with van der Waals surface area (Å²) in [6.45, 7) is 0. The monoisotopic (exact) mass is 301 g/mol. The summed E-state index contributed by atoms with van der Waals surface area (Å²) in [4.78, 5) is 10.4. The van der Waals surface area contributed by atoms with E-state index in [9.17, 15) is 4.79 Å². The van der Waals surface area contributed by atoms with Gasteiger partial charge in [0.25, 0.3) is 0 Å². The van der Waals surface area contributed by atoms with E-state index in [2.05, 4.69) is 4.74 Å². The van der Waals surface area contributed by atoms with Crippen molar-refractivity contribution in [3.05, 3.63) is 0 Å². The van der Waals surface area contributed by atoms with Crippen LogP contribution in [0.5, 0.6) is 0 Å². The molecule has 0 aromatic heterocycles. The van der Waals surface area contributed by atoms with Crippen molar-refractivity contribution in [2.24, 2.45) is 0 Å². The van der Waals surface area contributed by atoms with Gasteiger partial charge in [-0.25, -0.2) is 4.79 Å². The number of carboxylic acids is 1. The summed E-state index contributed by atoms with van der Waals surface area (Å²) >= 11 is 0. The van der Waals surface area contributed by atoms with Crippen LogP contribution in [0.25, 0.3) is 0 Å². The van der Waals surface area contributed by atoms with Gasteiger partial charge >= 0.3 is 5.97 Å². The molecule has 1 saturated heterocycles. The van der Waals surface area contributed by atoms with Crippen LogP contribution in [0, 0.1) is 0 Å². The van der Waals surface area contributed by atoms with Crippen LogP contribution in [0.2, 0.25) is 0 Å². The molecule has 1 rings (SSSR count). The predicted octanol–water partition coefficient (Wildman–Crippen LogP) is -3.13. The van der Waals surface area contributed by atoms with Crippen molar-refractivity contribution in [2.45, 2.75) is 30.7 Å². The van der Waals surface area contributed by atoms with E-state index in [0.29, 0.717) is 0 Å². The Morgan fingerprint density at radius 2 is 1.50 bits per heavy atom. The molecule has 1 aliphatic rings. The second kappa shape index (κ2) is 5.19. The minimum Gasteiger partial charge on any atom is -0.479 e. The average Bonchev–Trinajstić information content (AvgIpc) is 2.07. The zero-order valence-electron chi connectivity index (χ0n) is 6.74. The third-order valence-electron chi connectivity index (χ3n) is 1.83. The van der Waals surface area contributed by atoms with E-state index < -0.39 is 36.7 Å². The number of aliphatic hydroxyl groups is 4. The Morgan fingerprint density at radius 1 is 1.00 bits per heavy atom. The van der Waals surface area contributed by atoms with Crippen molar-refractivity contribution >= 4 is 5.97 Å². The van der Waals surface area contributed by atoms with Crippen LogP contribution in [-0.4, -0.2) is 62.2 Å². The molecule has 1 radical (unpaired) electrons. The molecule has 14 heavy (non-hydrogen) atoms. The largest absolute Gasteiger partial charge is 0.479 e. The number of aliphatic carboxylic acids is 1. The van der Waals surface area contributed by atoms with Gasteiger partial charge in [-0.15, -0.1) is 0 Å². The zero-order valence-corrected chi connectivity index (χ0v) is 8.22. The number of ether oxygens (including phenoxy) is 1. The number of carbonyl (C=O) groups is 1. The second-order valence-electron chi connectivity index (χ2n) is 2.76. The number of hydrogen-bond acceptors (Lipinski definition) is 6. The van der Waals surface area contributed by atoms with Crippen molar-refractivity contribution in [1.29, 1.82) is 0 Å². The molecular formula is C6H10AgO7. The fourth-order valence-corrected chi connectivity index (χ4v) is 1.07. The van der Waals surface area contributed by atoms with Crippen LogP contribution >= 0.6 is 0 Å². The molecule has 0 amide bonds. The summed E-state index contributed by atoms with van der Waals surface area (Å²) in [5, 5.41) is 44.4. The van der Waals surface area contributed by atoms with Crippen molar-refractivity contribution in [2.75, 3.05) is 0 Å². The van der Waals surface area contributed by atoms with E-state index in [4.69, 9.17) is 25.5 Å². The van der Waals surface area contributed by atoms with Gasteiger partial charge in [0.15, 0.2) is 12.4 Å². The van der Waals surface area contributed by atoms with Gasteiger partial charge in [0.1, 0.15) is 18.3 Å². The smallest absolute Gasteiger partial charge is 0.335 e. The molecule has 0 unspecified atom stereocenters. The second-order valence-corrected chi connectivity index (χ2v) is 2.76. The number of carboxylic acid groups (broad SMARTS) is 1. The molecule has 0 saturated carbocycles. The quantitative estimate of drug-likeness (QED) is 0.324. The summed E-state index contributed by atoms with van der Waals surface area (Å²) in [5.41, 5.74) is 0. The molecule has 0 spiro atoms. The Labute approximate surface area is 94.4 Å². The van der Waals surface area contributed by atoms with E-state index in [1.807, 2.05) is 0 Å². The van der Waals surface area contributed by atoms with Crippen LogP contribution < -0.4 is 0 Å². The zero-order chi connectivity index (χ0) is 10.2. The van der Waals surface area contributed by atoms with Gasteiger partial charge < -0.3 is 30.3 Å². The van der Waals surface area contributed by atoms with Gasteiger partial charge in [-0.3, -0.25) is 0 Å². The van der Waals surface area contributed by atoms with E-state index in [-0.39, 0.29) is 22.4 Å². The summed E-state index contributed by atoms with van der Waals surface area (Å²) in [6.07, 6.45) is -8.72. The third kappa shape index (κ3) is 2.53. The normalized spacial score (nSPS) is 42.7. The molecule has 0 aromatic rings. The SMILES string of the molecule is O=C(O)[C@H]1O[C@@H](O)[C@H](O)[C@@H](O)[C@@H]1O.[Ag]. The molecular weight excluding hydrogens is 292 g/mol. The molecule has 0 bridgehead atoms. The number of rotatable bonds is 1. The first kappa shape index (κ1) is 14.0. The number of aliphatic hydroxyl groups excluding tert-OH is 4. The summed E-state index contributed by atoms with van der Waals surface area (Å²) in [7, 11) is 0. The fourth-order valence-electron chi connectivity index (χ4n) is 1.07. The molecule has 8 heteroatoms. The van der Waals surface area contributed by atoms with Crippen LogP contribution in [0.4, 0.5) is 0 Å². The first-order valence-electron chi connectivity index (χ1n) is 3.55. The third-order valence-corrected chi connectivity index (χ3v) is 1.83. The maximum atomic E-state index is 10.4. The minimum atomic E-state index is -1.81. The first-order chi connectivity index (χ1) is 5.95. The molecule has 5 N–H and O–H groups in total. The molecule has 0 aliphatic carbocycles. The van der Waals surface area contributed by atoms with Crippen LogP contribution in [-0.2, 0) is 31.9 Å². The molecule has 7 nitrogen and oxygen atoms in total. The van der Waals surface area contributed by atoms with Gasteiger partial charge in [-0.2, -0.15) is 0 Å². The standard InChI is InChI=1S/C6H10O7.Ag/c7-1-2(8)4(5(10)11)13-6(12)3(1)9;/h1-4,6-9,12H,(H,10,11);/t1-,2-,3+,4-,6+;/m0./s1. The van der Waals surface area contributed by atoms with Gasteiger partial charge in [-0.1, -0.05) is 0 Å². The van der Waals surface area contributed by atoms with Gasteiger partial charge in [0, 0.05) is 22.4 Å². The Balaban J connectivity index is 0.00000169. The Hall–Kier alpha value is 0.0103. The van der Waals surface area contributed by atoms with E-state index in [1.54, 1.807) is 0 Å². The van der Waals surface area contributed by atoms with Gasteiger partial charge in [0.2, 0.25) is 0 Å². The predicted molar refractivity (Wildman–Crippen MR) is 36.5 cm³/mol. The fraction of sp³-hybridized carbons (Fsp3) is 0.833. The molecule has 0 aromatic carbocycles. The topological polar surface area (TPSA) is 127 Å². The molecule has 1 aliphatic heterocycles. The Kier molecular flexibility index (Phi) is 5.20. The van der Waals surface area contributed by atoms with E-state index in [1.165, 1.54) is 0 Å². The van der Waals surface area contributed by atoms with E-state index >= 15 is 0 Å². The minimum absolute atomic E-state index is 0. The Morgan fingerprint density at radius 3 is 1.93 bits per heavy atom. The van der Waals surface area contributed by atoms with Crippen molar-refractivity contribution in [1.82, 2.24) is 0 Å². The maximum absolute atomic E-state index is 10.4. The van der Waals surface area contributed by atoms with Gasteiger partial charge in [-0.05, 0) is 0 Å². The van der Waals surface area contributed by atoms with Crippen LogP contribution in [0.1, 0.15) is 0 Å². The summed E-state index contributed by atoms with van der Waals surface area (Å²) < 4.78 is 4.34. The summed E-state index contributed by atoms with van der Waals surface area (Å²) in [6, 6.07) is 0. The molecule has 1 fully saturated rings. The first-order valence-corrected chi connectivity index (χ1v) is 3.55. The number of hydrogen-bond donors (Lipinski definition) is 5. The average molecular weight is 302 g/mol. The molecule has 1 heterocycles. The van der Waals surface area contributed by atoms with Crippen molar-refractivity contribution in [3.63, 3.8) is 0 Å². The van der Waals surface area contributed by atoms with Crippen LogP contribution in [0.15, 0.2) is 0 Å². The molecule has 87 valence electrons. The van der Waals surface area contributed by atoms with Crippen LogP contribution in [0.3, 0.4) is 0 Å². The Bertz CT molecular complexity index is 210. The van der Waals surface area contributed by atoms with E-state index in [0.717, 1.165) is 0 Å². The molecule has 5 atom stereocenters. The van der Waals surface area contributed by atoms with Gasteiger partial charge in [0.05, 0.1) is 0 Å². The van der Waals surface area contributed by atoms with Crippen molar-refractivity contribution in [3.8, 4) is 0 Å². The maximum Gasteiger partial charge on any atom is 0.335 e. The summed E-state index contributed by atoms with van der Waals surface area (Å²) in [5.74, 6) is -1.52. The van der Waals surface area contributed by atoms with Crippen molar-refractivity contribution < 1.29 is 57.4 Å².